The summed E-state index contributed by atoms with van der Waals surface area (Å²) in [5, 5.41) is 2.93. The lowest BCUT2D eigenvalue weighted by atomic mass is 10.2. The highest BCUT2D eigenvalue weighted by Crippen LogP contribution is 2.18. The van der Waals surface area contributed by atoms with E-state index in [-0.39, 0.29) is 5.56 Å². The Kier molecular flexibility index (Phi) is 3.81. The quantitative estimate of drug-likeness (QED) is 0.909. The second-order valence-electron chi connectivity index (χ2n) is 4.16. The molecule has 2 aromatic rings. The summed E-state index contributed by atoms with van der Waals surface area (Å²) >= 11 is 5.76. The summed E-state index contributed by atoms with van der Waals surface area (Å²) in [7, 11) is 0. The van der Waals surface area contributed by atoms with Gasteiger partial charge in [-0.3, -0.25) is 9.78 Å². The molecule has 1 heterocycles. The van der Waals surface area contributed by atoms with Crippen molar-refractivity contribution in [2.24, 2.45) is 0 Å². The Labute approximate surface area is 115 Å². The number of carbonyl (C=O) groups is 1. The predicted molar refractivity (Wildman–Crippen MR) is 73.1 cm³/mol. The number of benzene rings is 1. The minimum absolute atomic E-state index is 0.0903. The van der Waals surface area contributed by atoms with Crippen LogP contribution in [0.15, 0.2) is 30.3 Å². The summed E-state index contributed by atoms with van der Waals surface area (Å²) < 4.78 is 13.6. The summed E-state index contributed by atoms with van der Waals surface area (Å²) in [5.41, 5.74) is 1.99. The molecular weight excluding hydrogens is 267 g/mol. The highest BCUT2D eigenvalue weighted by molar-refractivity contribution is 6.31. The van der Waals surface area contributed by atoms with E-state index in [0.29, 0.717) is 16.4 Å². The molecule has 0 radical (unpaired) electrons. The predicted octanol–water partition coefficient (Wildman–Crippen LogP) is 3.74. The second-order valence-corrected chi connectivity index (χ2v) is 4.60. The van der Waals surface area contributed by atoms with Crippen LogP contribution in [-0.2, 0) is 0 Å². The number of pyridine rings is 1. The molecule has 19 heavy (non-hydrogen) atoms. The van der Waals surface area contributed by atoms with E-state index in [9.17, 15) is 9.18 Å². The Morgan fingerprint density at radius 1 is 1.26 bits per heavy atom. The highest BCUT2D eigenvalue weighted by atomic mass is 35.5. The van der Waals surface area contributed by atoms with Crippen molar-refractivity contribution in [1.29, 1.82) is 0 Å². The zero-order chi connectivity index (χ0) is 14.0. The molecule has 3 nitrogen and oxygen atoms in total. The van der Waals surface area contributed by atoms with Gasteiger partial charge in [0.25, 0.3) is 5.91 Å². The van der Waals surface area contributed by atoms with E-state index in [1.54, 1.807) is 19.1 Å². The Bertz CT molecular complexity index is 643. The molecule has 0 saturated heterocycles. The molecule has 0 aliphatic rings. The maximum absolute atomic E-state index is 13.6. The van der Waals surface area contributed by atoms with Crippen molar-refractivity contribution >= 4 is 23.2 Å². The van der Waals surface area contributed by atoms with Crippen molar-refractivity contribution < 1.29 is 9.18 Å². The number of anilines is 1. The standard InChI is InChI=1S/C14H12ClFN2O/c1-8-3-6-13(9(2)17-8)18-14(19)11-7-10(15)4-5-12(11)16/h3-7H,1-2H3,(H,18,19). The summed E-state index contributed by atoms with van der Waals surface area (Å²) in [5.74, 6) is -1.16. The number of aromatic nitrogens is 1. The molecule has 0 spiro atoms. The van der Waals surface area contributed by atoms with Gasteiger partial charge in [0.2, 0.25) is 0 Å². The SMILES string of the molecule is Cc1ccc(NC(=O)c2cc(Cl)ccc2F)c(C)n1. The first-order chi connectivity index (χ1) is 8.97. The molecule has 98 valence electrons. The van der Waals surface area contributed by atoms with Crippen molar-refractivity contribution in [3.63, 3.8) is 0 Å². The summed E-state index contributed by atoms with van der Waals surface area (Å²) in [6.45, 7) is 3.63. The van der Waals surface area contributed by atoms with Gasteiger partial charge in [0.15, 0.2) is 0 Å². The number of aryl methyl sites for hydroxylation is 2. The molecule has 0 saturated carbocycles. The number of amides is 1. The number of rotatable bonds is 2. The lowest BCUT2D eigenvalue weighted by Crippen LogP contribution is -2.15. The Morgan fingerprint density at radius 3 is 2.68 bits per heavy atom. The fourth-order valence-corrected chi connectivity index (χ4v) is 1.85. The van der Waals surface area contributed by atoms with E-state index in [2.05, 4.69) is 10.3 Å². The van der Waals surface area contributed by atoms with Crippen LogP contribution in [0.3, 0.4) is 0 Å². The van der Waals surface area contributed by atoms with E-state index in [1.165, 1.54) is 12.1 Å². The second kappa shape index (κ2) is 5.36. The lowest BCUT2D eigenvalue weighted by Gasteiger charge is -2.09. The first-order valence-corrected chi connectivity index (χ1v) is 6.06. The lowest BCUT2D eigenvalue weighted by molar-refractivity contribution is 0.102. The van der Waals surface area contributed by atoms with E-state index in [0.717, 1.165) is 11.8 Å². The van der Waals surface area contributed by atoms with Gasteiger partial charge in [-0.2, -0.15) is 0 Å². The van der Waals surface area contributed by atoms with Crippen molar-refractivity contribution in [2.75, 3.05) is 5.32 Å². The molecule has 0 aliphatic carbocycles. The van der Waals surface area contributed by atoms with Crippen molar-refractivity contribution in [1.82, 2.24) is 4.98 Å². The van der Waals surface area contributed by atoms with E-state index in [4.69, 9.17) is 11.6 Å². The Balaban J connectivity index is 2.28. The van der Waals surface area contributed by atoms with E-state index in [1.807, 2.05) is 6.92 Å². The van der Waals surface area contributed by atoms with Crippen LogP contribution in [0.4, 0.5) is 10.1 Å². The van der Waals surface area contributed by atoms with Gasteiger partial charge >= 0.3 is 0 Å². The number of hydrogen-bond donors (Lipinski definition) is 1. The fraction of sp³-hybridized carbons (Fsp3) is 0.143. The molecule has 5 heteroatoms. The monoisotopic (exact) mass is 278 g/mol. The molecule has 1 N–H and O–H groups in total. The highest BCUT2D eigenvalue weighted by Gasteiger charge is 2.13. The largest absolute Gasteiger partial charge is 0.320 e. The van der Waals surface area contributed by atoms with Gasteiger partial charge in [-0.05, 0) is 44.2 Å². The number of nitrogens with zero attached hydrogens (tertiary/aromatic N) is 1. The first kappa shape index (κ1) is 13.5. The number of carbonyl (C=O) groups excluding carboxylic acids is 1. The molecule has 0 aliphatic heterocycles. The molecule has 0 unspecified atom stereocenters. The third-order valence-corrected chi connectivity index (χ3v) is 2.88. The van der Waals surface area contributed by atoms with Gasteiger partial charge in [0, 0.05) is 10.7 Å². The van der Waals surface area contributed by atoms with Crippen LogP contribution in [0.1, 0.15) is 21.7 Å². The van der Waals surface area contributed by atoms with Crippen LogP contribution in [0.25, 0.3) is 0 Å². The zero-order valence-electron chi connectivity index (χ0n) is 10.5. The fourth-order valence-electron chi connectivity index (χ4n) is 1.68. The van der Waals surface area contributed by atoms with Gasteiger partial charge in [-0.15, -0.1) is 0 Å². The van der Waals surface area contributed by atoms with Crippen molar-refractivity contribution in [3.05, 3.63) is 58.1 Å². The van der Waals surface area contributed by atoms with Crippen molar-refractivity contribution in [2.45, 2.75) is 13.8 Å². The topological polar surface area (TPSA) is 42.0 Å². The molecular formula is C14H12ClFN2O. The van der Waals surface area contributed by atoms with Crippen LogP contribution >= 0.6 is 11.6 Å². The summed E-state index contributed by atoms with van der Waals surface area (Å²) in [6.07, 6.45) is 0. The number of halogens is 2. The third-order valence-electron chi connectivity index (χ3n) is 2.65. The molecule has 0 bridgehead atoms. The minimum Gasteiger partial charge on any atom is -0.320 e. The minimum atomic E-state index is -0.611. The number of hydrogen-bond acceptors (Lipinski definition) is 2. The van der Waals surface area contributed by atoms with Gasteiger partial charge in [-0.1, -0.05) is 11.6 Å². The Hall–Kier alpha value is -1.94. The van der Waals surface area contributed by atoms with Gasteiger partial charge < -0.3 is 5.32 Å². The van der Waals surface area contributed by atoms with Crippen LogP contribution in [0.2, 0.25) is 5.02 Å². The average Bonchev–Trinajstić information content (AvgIpc) is 2.35. The molecule has 1 aromatic carbocycles. The van der Waals surface area contributed by atoms with Gasteiger partial charge in [0.1, 0.15) is 5.82 Å². The van der Waals surface area contributed by atoms with Crippen LogP contribution < -0.4 is 5.32 Å². The van der Waals surface area contributed by atoms with Crippen LogP contribution in [-0.4, -0.2) is 10.9 Å². The smallest absolute Gasteiger partial charge is 0.258 e. The summed E-state index contributed by atoms with van der Waals surface area (Å²) in [4.78, 5) is 16.2. The molecule has 2 rings (SSSR count). The van der Waals surface area contributed by atoms with Crippen LogP contribution in [0, 0.1) is 19.7 Å². The van der Waals surface area contributed by atoms with Gasteiger partial charge in [-0.25, -0.2) is 4.39 Å². The molecule has 0 fully saturated rings. The zero-order valence-corrected chi connectivity index (χ0v) is 11.3. The molecule has 0 atom stereocenters. The third kappa shape index (κ3) is 3.09. The summed E-state index contributed by atoms with van der Waals surface area (Å²) in [6, 6.07) is 7.36. The molecule has 1 aromatic heterocycles. The van der Waals surface area contributed by atoms with E-state index >= 15 is 0 Å². The average molecular weight is 279 g/mol. The maximum atomic E-state index is 13.6. The van der Waals surface area contributed by atoms with Gasteiger partial charge in [0.05, 0.1) is 16.9 Å². The van der Waals surface area contributed by atoms with Crippen molar-refractivity contribution in [3.8, 4) is 0 Å². The Morgan fingerprint density at radius 2 is 2.00 bits per heavy atom. The maximum Gasteiger partial charge on any atom is 0.258 e. The van der Waals surface area contributed by atoms with E-state index < -0.39 is 11.7 Å². The number of nitrogens with one attached hydrogen (secondary N) is 1. The van der Waals surface area contributed by atoms with Crippen LogP contribution in [0.5, 0.6) is 0 Å². The first-order valence-electron chi connectivity index (χ1n) is 5.68. The normalized spacial score (nSPS) is 10.3. The molecule has 1 amide bonds.